The Labute approximate surface area is 133 Å². The van der Waals surface area contributed by atoms with Crippen molar-refractivity contribution < 1.29 is 9.53 Å². The Hall–Kier alpha value is -1.62. The van der Waals surface area contributed by atoms with E-state index in [0.717, 1.165) is 32.5 Å². The summed E-state index contributed by atoms with van der Waals surface area (Å²) < 4.78 is 5.48. The number of nitrogens with zero attached hydrogens (tertiary/aromatic N) is 3. The lowest BCUT2D eigenvalue weighted by atomic mass is 10.0. The molecular formula is C17H27N3O2. The van der Waals surface area contributed by atoms with Gasteiger partial charge in [-0.1, -0.05) is 6.07 Å². The summed E-state index contributed by atoms with van der Waals surface area (Å²) in [6.45, 7) is 8.07. The standard InChI is InChI=1S/C17H27N3O2/c1-17(2,3)22-16(21)20-10-6-8-15(13-20)19(4)12-14-7-5-9-18-11-14/h5,7,9,11,15H,6,8,10,12-13H2,1-4H3/t15-/m0/s1. The van der Waals surface area contributed by atoms with Gasteiger partial charge in [-0.05, 0) is 52.3 Å². The minimum absolute atomic E-state index is 0.202. The first-order valence-electron chi connectivity index (χ1n) is 7.92. The zero-order valence-corrected chi connectivity index (χ0v) is 14.1. The molecule has 1 fully saturated rings. The van der Waals surface area contributed by atoms with Crippen molar-refractivity contribution in [1.82, 2.24) is 14.8 Å². The van der Waals surface area contributed by atoms with E-state index < -0.39 is 5.60 Å². The average molecular weight is 305 g/mol. The predicted molar refractivity (Wildman–Crippen MR) is 86.5 cm³/mol. The second-order valence-corrected chi connectivity index (χ2v) is 7.00. The molecule has 1 aliphatic rings. The summed E-state index contributed by atoms with van der Waals surface area (Å²) in [6.07, 6.45) is 5.60. The third kappa shape index (κ3) is 4.98. The number of rotatable bonds is 3. The number of ether oxygens (including phenoxy) is 1. The van der Waals surface area contributed by atoms with Gasteiger partial charge in [-0.2, -0.15) is 0 Å². The van der Waals surface area contributed by atoms with E-state index in [1.165, 1.54) is 5.56 Å². The zero-order chi connectivity index (χ0) is 16.2. The number of hydrogen-bond donors (Lipinski definition) is 0. The van der Waals surface area contributed by atoms with E-state index >= 15 is 0 Å². The highest BCUT2D eigenvalue weighted by Gasteiger charge is 2.29. The highest BCUT2D eigenvalue weighted by atomic mass is 16.6. The van der Waals surface area contributed by atoms with E-state index in [4.69, 9.17) is 4.74 Å². The van der Waals surface area contributed by atoms with Gasteiger partial charge in [0.25, 0.3) is 0 Å². The van der Waals surface area contributed by atoms with Crippen LogP contribution in [0.2, 0.25) is 0 Å². The SMILES string of the molecule is CN(Cc1cccnc1)[C@H]1CCCN(C(=O)OC(C)(C)C)C1. The number of pyridine rings is 1. The summed E-state index contributed by atoms with van der Waals surface area (Å²) in [6, 6.07) is 4.40. The fourth-order valence-electron chi connectivity index (χ4n) is 2.72. The molecule has 0 saturated carbocycles. The molecule has 1 amide bonds. The summed E-state index contributed by atoms with van der Waals surface area (Å²) in [5.41, 5.74) is 0.755. The maximum atomic E-state index is 12.2. The third-order valence-corrected chi connectivity index (χ3v) is 3.83. The highest BCUT2D eigenvalue weighted by molar-refractivity contribution is 5.68. The molecule has 1 aromatic heterocycles. The number of amides is 1. The van der Waals surface area contributed by atoms with Crippen molar-refractivity contribution >= 4 is 6.09 Å². The van der Waals surface area contributed by atoms with E-state index in [2.05, 4.69) is 23.0 Å². The molecule has 0 unspecified atom stereocenters. The van der Waals surface area contributed by atoms with E-state index in [-0.39, 0.29) is 6.09 Å². The fraction of sp³-hybridized carbons (Fsp3) is 0.647. The van der Waals surface area contributed by atoms with Crippen LogP contribution < -0.4 is 0 Å². The van der Waals surface area contributed by atoms with Crippen LogP contribution in [0, 0.1) is 0 Å². The smallest absolute Gasteiger partial charge is 0.410 e. The Bertz CT molecular complexity index is 484. The van der Waals surface area contributed by atoms with E-state index in [1.807, 2.05) is 37.9 Å². The fourth-order valence-corrected chi connectivity index (χ4v) is 2.72. The molecule has 2 heterocycles. The molecular weight excluding hydrogens is 278 g/mol. The largest absolute Gasteiger partial charge is 0.444 e. The monoisotopic (exact) mass is 305 g/mol. The number of carbonyl (C=O) groups excluding carboxylic acids is 1. The Morgan fingerprint density at radius 3 is 2.91 bits per heavy atom. The quantitative estimate of drug-likeness (QED) is 0.861. The molecule has 1 atom stereocenters. The zero-order valence-electron chi connectivity index (χ0n) is 14.1. The summed E-state index contributed by atoms with van der Waals surface area (Å²) in [4.78, 5) is 20.5. The van der Waals surface area contributed by atoms with Crippen LogP contribution in [0.3, 0.4) is 0 Å². The third-order valence-electron chi connectivity index (χ3n) is 3.83. The number of carbonyl (C=O) groups is 1. The van der Waals surface area contributed by atoms with Crippen LogP contribution in [0.4, 0.5) is 4.79 Å². The van der Waals surface area contributed by atoms with Crippen molar-refractivity contribution in [3.63, 3.8) is 0 Å². The van der Waals surface area contributed by atoms with Crippen molar-refractivity contribution in [3.05, 3.63) is 30.1 Å². The highest BCUT2D eigenvalue weighted by Crippen LogP contribution is 2.19. The van der Waals surface area contributed by atoms with Crippen LogP contribution in [0.5, 0.6) is 0 Å². The van der Waals surface area contributed by atoms with E-state index in [0.29, 0.717) is 6.04 Å². The molecule has 0 aliphatic carbocycles. The first-order valence-corrected chi connectivity index (χ1v) is 7.92. The normalized spacial score (nSPS) is 19.3. The summed E-state index contributed by atoms with van der Waals surface area (Å²) in [7, 11) is 2.11. The molecule has 1 aliphatic heterocycles. The second-order valence-electron chi connectivity index (χ2n) is 7.00. The Morgan fingerprint density at radius 1 is 1.50 bits per heavy atom. The number of likely N-dealkylation sites (N-methyl/N-ethyl adjacent to an activating group) is 1. The molecule has 22 heavy (non-hydrogen) atoms. The number of hydrogen-bond acceptors (Lipinski definition) is 4. The van der Waals surface area contributed by atoms with Crippen LogP contribution in [0.1, 0.15) is 39.2 Å². The van der Waals surface area contributed by atoms with Gasteiger partial charge in [0.15, 0.2) is 0 Å². The molecule has 0 spiro atoms. The first kappa shape index (κ1) is 16.7. The summed E-state index contributed by atoms with van der Waals surface area (Å²) in [5.74, 6) is 0. The molecule has 122 valence electrons. The summed E-state index contributed by atoms with van der Waals surface area (Å²) >= 11 is 0. The summed E-state index contributed by atoms with van der Waals surface area (Å²) in [5, 5.41) is 0. The van der Waals surface area contributed by atoms with Crippen molar-refractivity contribution in [3.8, 4) is 0 Å². The minimum atomic E-state index is -0.439. The molecule has 0 N–H and O–H groups in total. The van der Waals surface area contributed by atoms with E-state index in [9.17, 15) is 4.79 Å². The van der Waals surface area contributed by atoms with Crippen LogP contribution in [0.15, 0.2) is 24.5 Å². The van der Waals surface area contributed by atoms with Crippen LogP contribution in [-0.2, 0) is 11.3 Å². The van der Waals surface area contributed by atoms with Crippen LogP contribution in [0.25, 0.3) is 0 Å². The van der Waals surface area contributed by atoms with Gasteiger partial charge in [0.2, 0.25) is 0 Å². The molecule has 5 nitrogen and oxygen atoms in total. The Morgan fingerprint density at radius 2 is 2.27 bits per heavy atom. The molecule has 1 saturated heterocycles. The van der Waals surface area contributed by atoms with Crippen LogP contribution >= 0.6 is 0 Å². The Kier molecular flexibility index (Phi) is 5.40. The van der Waals surface area contributed by atoms with Crippen molar-refractivity contribution in [2.24, 2.45) is 0 Å². The van der Waals surface area contributed by atoms with Gasteiger partial charge in [-0.25, -0.2) is 4.79 Å². The van der Waals surface area contributed by atoms with Gasteiger partial charge >= 0.3 is 6.09 Å². The maximum absolute atomic E-state index is 12.2. The Balaban J connectivity index is 1.91. The van der Waals surface area contributed by atoms with Crippen molar-refractivity contribution in [2.45, 2.75) is 51.8 Å². The van der Waals surface area contributed by atoms with E-state index in [1.54, 1.807) is 6.20 Å². The molecule has 0 radical (unpaired) electrons. The van der Waals surface area contributed by atoms with Crippen molar-refractivity contribution in [2.75, 3.05) is 20.1 Å². The second kappa shape index (κ2) is 7.09. The average Bonchev–Trinajstić information content (AvgIpc) is 2.46. The maximum Gasteiger partial charge on any atom is 0.410 e. The first-order chi connectivity index (χ1) is 10.3. The van der Waals surface area contributed by atoms with Gasteiger partial charge in [0.1, 0.15) is 5.60 Å². The van der Waals surface area contributed by atoms with Gasteiger partial charge < -0.3 is 9.64 Å². The topological polar surface area (TPSA) is 45.7 Å². The lowest BCUT2D eigenvalue weighted by Crippen LogP contribution is -2.49. The lowest BCUT2D eigenvalue weighted by molar-refractivity contribution is 0.0121. The number of aromatic nitrogens is 1. The molecule has 0 aromatic carbocycles. The van der Waals surface area contributed by atoms with Gasteiger partial charge in [0, 0.05) is 38.1 Å². The predicted octanol–water partition coefficient (Wildman–Crippen LogP) is 2.91. The lowest BCUT2D eigenvalue weighted by Gasteiger charge is -2.38. The van der Waals surface area contributed by atoms with Gasteiger partial charge in [-0.3, -0.25) is 9.88 Å². The molecule has 0 bridgehead atoms. The van der Waals surface area contributed by atoms with Gasteiger partial charge in [0.05, 0.1) is 0 Å². The minimum Gasteiger partial charge on any atom is -0.444 e. The molecule has 1 aromatic rings. The number of piperidine rings is 1. The van der Waals surface area contributed by atoms with Gasteiger partial charge in [-0.15, -0.1) is 0 Å². The number of likely N-dealkylation sites (tertiary alicyclic amines) is 1. The molecule has 5 heteroatoms. The van der Waals surface area contributed by atoms with Crippen molar-refractivity contribution in [1.29, 1.82) is 0 Å². The molecule has 2 rings (SSSR count). The van der Waals surface area contributed by atoms with Crippen LogP contribution in [-0.4, -0.2) is 52.7 Å².